The van der Waals surface area contributed by atoms with Crippen LogP contribution in [0, 0.1) is 5.92 Å². The summed E-state index contributed by atoms with van der Waals surface area (Å²) in [4.78, 5) is 0. The van der Waals surface area contributed by atoms with Gasteiger partial charge in [0.15, 0.2) is 5.17 Å². The molecule has 0 amide bonds. The van der Waals surface area contributed by atoms with E-state index in [0.29, 0.717) is 0 Å². The van der Waals surface area contributed by atoms with Gasteiger partial charge in [0.25, 0.3) is 0 Å². The van der Waals surface area contributed by atoms with Gasteiger partial charge in [0.2, 0.25) is 0 Å². The molecule has 1 N–H and O–H groups in total. The maximum absolute atomic E-state index is 8.51. The fourth-order valence-electron chi connectivity index (χ4n) is 1.36. The number of nitrogens with zero attached hydrogens (tertiary/aromatic N) is 1. The molecule has 3 heteroatoms. The second-order valence-electron chi connectivity index (χ2n) is 2.73. The Morgan fingerprint density at radius 3 is 3.17 bits per heavy atom. The molecular weight excluding hydrogens is 174 g/mol. The Hall–Kier alpha value is -0.760. The van der Waals surface area contributed by atoms with Crippen molar-refractivity contribution in [2.45, 2.75) is 19.8 Å². The van der Waals surface area contributed by atoms with E-state index in [9.17, 15) is 0 Å². The first-order valence-electron chi connectivity index (χ1n) is 4.02. The summed E-state index contributed by atoms with van der Waals surface area (Å²) >= 11 is 5.74. The lowest BCUT2D eigenvalue weighted by Gasteiger charge is -2.17. The van der Waals surface area contributed by atoms with E-state index in [1.807, 2.05) is 18.2 Å². The second-order valence-corrected chi connectivity index (χ2v) is 3.12. The van der Waals surface area contributed by atoms with Crippen molar-refractivity contribution in [2.24, 2.45) is 11.1 Å². The van der Waals surface area contributed by atoms with Crippen LogP contribution in [0.15, 0.2) is 29.0 Å². The van der Waals surface area contributed by atoms with E-state index in [0.717, 1.165) is 12.8 Å². The van der Waals surface area contributed by atoms with E-state index < -0.39 is 0 Å². The fourth-order valence-corrected chi connectivity index (χ4v) is 1.59. The molecule has 1 aliphatic rings. The molecule has 2 nitrogen and oxygen atoms in total. The molecule has 0 aromatic carbocycles. The van der Waals surface area contributed by atoms with Crippen molar-refractivity contribution in [3.63, 3.8) is 0 Å². The predicted molar refractivity (Wildman–Crippen MR) is 50.7 cm³/mol. The minimum Gasteiger partial charge on any atom is -0.410 e. The van der Waals surface area contributed by atoms with Crippen LogP contribution >= 0.6 is 11.6 Å². The van der Waals surface area contributed by atoms with E-state index in [1.165, 1.54) is 5.57 Å². The molecule has 12 heavy (non-hydrogen) atoms. The molecule has 0 heterocycles. The molecular formula is C9H12ClNO. The molecule has 0 aliphatic heterocycles. The van der Waals surface area contributed by atoms with Gasteiger partial charge in [-0.1, -0.05) is 47.5 Å². The summed E-state index contributed by atoms with van der Waals surface area (Å²) < 4.78 is 0. The van der Waals surface area contributed by atoms with Crippen molar-refractivity contribution in [1.82, 2.24) is 0 Å². The van der Waals surface area contributed by atoms with Crippen LogP contribution in [0.2, 0.25) is 0 Å². The van der Waals surface area contributed by atoms with Gasteiger partial charge < -0.3 is 5.21 Å². The van der Waals surface area contributed by atoms with Crippen LogP contribution in [-0.4, -0.2) is 10.4 Å². The van der Waals surface area contributed by atoms with E-state index in [4.69, 9.17) is 16.8 Å². The Kier molecular flexibility index (Phi) is 3.35. The van der Waals surface area contributed by atoms with Crippen molar-refractivity contribution in [3.05, 3.63) is 23.8 Å². The van der Waals surface area contributed by atoms with Crippen LogP contribution in [0.5, 0.6) is 0 Å². The highest BCUT2D eigenvalue weighted by Gasteiger charge is 2.18. The van der Waals surface area contributed by atoms with Gasteiger partial charge >= 0.3 is 0 Å². The van der Waals surface area contributed by atoms with Crippen molar-refractivity contribution in [1.29, 1.82) is 0 Å². The fraction of sp³-hybridized carbons (Fsp3) is 0.444. The van der Waals surface area contributed by atoms with Crippen molar-refractivity contribution in [3.8, 4) is 0 Å². The minimum absolute atomic E-state index is 0.0895. The third-order valence-corrected chi connectivity index (χ3v) is 2.40. The summed E-state index contributed by atoms with van der Waals surface area (Å²) in [6, 6.07) is 0. The number of halogens is 1. The average Bonchev–Trinajstić information content (AvgIpc) is 2.16. The highest BCUT2D eigenvalue weighted by molar-refractivity contribution is 6.66. The van der Waals surface area contributed by atoms with E-state index >= 15 is 0 Å². The quantitative estimate of drug-likeness (QED) is 0.401. The van der Waals surface area contributed by atoms with Gasteiger partial charge in [-0.15, -0.1) is 0 Å². The molecule has 1 unspecified atom stereocenters. The normalized spacial score (nSPS) is 24.0. The van der Waals surface area contributed by atoms with Gasteiger partial charge in [0, 0.05) is 5.92 Å². The first-order chi connectivity index (χ1) is 5.79. The molecule has 1 aliphatic carbocycles. The van der Waals surface area contributed by atoms with E-state index in [1.54, 1.807) is 0 Å². The van der Waals surface area contributed by atoms with Crippen LogP contribution < -0.4 is 0 Å². The summed E-state index contributed by atoms with van der Waals surface area (Å²) in [6.07, 6.45) is 7.85. The lowest BCUT2D eigenvalue weighted by molar-refractivity contribution is 0.317. The predicted octanol–water partition coefficient (Wildman–Crippen LogP) is 2.93. The summed E-state index contributed by atoms with van der Waals surface area (Å²) in [5.74, 6) is 0.0895. The summed E-state index contributed by atoms with van der Waals surface area (Å²) in [6.45, 7) is 2.07. The number of hydrogen-bond acceptors (Lipinski definition) is 2. The molecule has 66 valence electrons. The molecule has 1 rings (SSSR count). The second kappa shape index (κ2) is 4.31. The standard InChI is InChI=1S/C9H12ClNO/c1-2-7-5-3-4-6-8(7)9(10)11-12/h3-5,8,12H,2,6H2,1H3. The maximum atomic E-state index is 8.51. The Morgan fingerprint density at radius 1 is 1.83 bits per heavy atom. The number of rotatable bonds is 2. The van der Waals surface area contributed by atoms with Crippen LogP contribution in [0.1, 0.15) is 19.8 Å². The van der Waals surface area contributed by atoms with Crippen molar-refractivity contribution in [2.75, 3.05) is 0 Å². The zero-order valence-electron chi connectivity index (χ0n) is 7.00. The van der Waals surface area contributed by atoms with Gasteiger partial charge in [-0.05, 0) is 12.8 Å². The molecule has 0 spiro atoms. The molecule has 0 fully saturated rings. The summed E-state index contributed by atoms with van der Waals surface area (Å²) in [7, 11) is 0. The van der Waals surface area contributed by atoms with E-state index in [2.05, 4.69) is 12.1 Å². The summed E-state index contributed by atoms with van der Waals surface area (Å²) in [5.41, 5.74) is 1.22. The first kappa shape index (κ1) is 9.33. The monoisotopic (exact) mass is 185 g/mol. The van der Waals surface area contributed by atoms with Crippen molar-refractivity contribution < 1.29 is 5.21 Å². The third-order valence-electron chi connectivity index (χ3n) is 2.06. The largest absolute Gasteiger partial charge is 0.410 e. The van der Waals surface area contributed by atoms with Gasteiger partial charge in [-0.25, -0.2) is 0 Å². The Bertz CT molecular complexity index is 243. The lowest BCUT2D eigenvalue weighted by atomic mass is 9.91. The Morgan fingerprint density at radius 2 is 2.58 bits per heavy atom. The van der Waals surface area contributed by atoms with Gasteiger partial charge in [-0.2, -0.15) is 0 Å². The Labute approximate surface area is 77.2 Å². The highest BCUT2D eigenvalue weighted by atomic mass is 35.5. The minimum atomic E-state index is 0.0895. The molecule has 0 saturated heterocycles. The third kappa shape index (κ3) is 1.89. The van der Waals surface area contributed by atoms with Crippen molar-refractivity contribution >= 4 is 16.8 Å². The Balaban J connectivity index is 2.79. The number of hydrogen-bond donors (Lipinski definition) is 1. The average molecular weight is 186 g/mol. The van der Waals surface area contributed by atoms with Crippen LogP contribution in [0.4, 0.5) is 0 Å². The van der Waals surface area contributed by atoms with Gasteiger partial charge in [0.05, 0.1) is 0 Å². The van der Waals surface area contributed by atoms with Gasteiger partial charge in [-0.3, -0.25) is 0 Å². The molecule has 0 radical (unpaired) electrons. The van der Waals surface area contributed by atoms with Crippen LogP contribution in [0.3, 0.4) is 0 Å². The zero-order chi connectivity index (χ0) is 8.97. The lowest BCUT2D eigenvalue weighted by Crippen LogP contribution is -2.12. The SMILES string of the molecule is CCC1=CC=CCC1C(Cl)=NO. The maximum Gasteiger partial charge on any atom is 0.152 e. The topological polar surface area (TPSA) is 32.6 Å². The molecule has 0 saturated carbocycles. The molecule has 1 atom stereocenters. The molecule has 0 aromatic rings. The van der Waals surface area contributed by atoms with E-state index in [-0.39, 0.29) is 11.1 Å². The number of allylic oxidation sites excluding steroid dienone is 4. The zero-order valence-corrected chi connectivity index (χ0v) is 7.75. The number of oxime groups is 1. The van der Waals surface area contributed by atoms with Crippen LogP contribution in [-0.2, 0) is 0 Å². The van der Waals surface area contributed by atoms with Gasteiger partial charge in [0.1, 0.15) is 0 Å². The summed E-state index contributed by atoms with van der Waals surface area (Å²) in [5, 5.41) is 11.8. The first-order valence-corrected chi connectivity index (χ1v) is 4.40. The molecule has 0 aromatic heterocycles. The molecule has 0 bridgehead atoms. The highest BCUT2D eigenvalue weighted by Crippen LogP contribution is 2.25. The van der Waals surface area contributed by atoms with Crippen LogP contribution in [0.25, 0.3) is 0 Å². The smallest absolute Gasteiger partial charge is 0.152 e.